The van der Waals surface area contributed by atoms with Crippen LogP contribution in [0.3, 0.4) is 0 Å². The number of ether oxygens (including phenoxy) is 4. The summed E-state index contributed by atoms with van der Waals surface area (Å²) in [6.07, 6.45) is 52.9. The van der Waals surface area contributed by atoms with Crippen LogP contribution in [0.1, 0.15) is 396 Å². The van der Waals surface area contributed by atoms with E-state index in [9.17, 15) is 43.2 Å². The van der Waals surface area contributed by atoms with Gasteiger partial charge in [-0.15, -0.1) is 0 Å². The molecule has 0 rings (SSSR count). The van der Waals surface area contributed by atoms with Gasteiger partial charge in [0.25, 0.3) is 0 Å². The summed E-state index contributed by atoms with van der Waals surface area (Å²) in [5.74, 6) is 0.981. The Balaban J connectivity index is 5.20. The maximum Gasteiger partial charge on any atom is 0.472 e. The summed E-state index contributed by atoms with van der Waals surface area (Å²) in [5.41, 5.74) is 0. The van der Waals surface area contributed by atoms with Crippen molar-refractivity contribution in [2.75, 3.05) is 39.6 Å². The van der Waals surface area contributed by atoms with Crippen molar-refractivity contribution in [2.24, 2.45) is 23.7 Å². The maximum absolute atomic E-state index is 13.1. The van der Waals surface area contributed by atoms with E-state index in [4.69, 9.17) is 37.0 Å². The fourth-order valence-corrected chi connectivity index (χ4v) is 13.4. The number of hydrogen-bond donors (Lipinski definition) is 3. The molecule has 0 fully saturated rings. The molecule has 0 aliphatic carbocycles. The highest BCUT2D eigenvalue weighted by Gasteiger charge is 2.30. The molecule has 97 heavy (non-hydrogen) atoms. The number of hydrogen-bond acceptors (Lipinski definition) is 15. The van der Waals surface area contributed by atoms with Gasteiger partial charge in [0.1, 0.15) is 19.3 Å². The van der Waals surface area contributed by atoms with E-state index >= 15 is 0 Å². The zero-order chi connectivity index (χ0) is 71.7. The topological polar surface area (TPSA) is 237 Å². The molecule has 0 aliphatic rings. The van der Waals surface area contributed by atoms with E-state index in [2.05, 4.69) is 55.4 Å². The Morgan fingerprint density at radius 1 is 0.289 bits per heavy atom. The standard InChI is InChI=1S/C78H152O17P2/c1-9-69(6)55-47-39-31-27-23-18-16-14-12-13-15-17-19-25-29-33-44-52-60-77(82)94-73(64-88-75(80)58-50-42-32-28-24-21-20-22-26-30-38-46-54-68(4)5)66-92-96(84,85)90-62-72(79)63-91-97(86,87)93-67-74(95-78(83)61-53-45-37-35-41-49-57-71(8)11-3)65-89-76(81)59-51-43-36-34-40-48-56-70(7)10-2/h68-74,79H,9-67H2,1-8H3,(H,84,85)(H,86,87)/t69?,70?,71?,72-,73-,74-/m1/s1. The van der Waals surface area contributed by atoms with Crippen LogP contribution in [0.5, 0.6) is 0 Å². The number of carbonyl (C=O) groups excluding carboxylic acids is 4. The number of phosphoric ester groups is 2. The van der Waals surface area contributed by atoms with Crippen molar-refractivity contribution in [3.05, 3.63) is 0 Å². The Labute approximate surface area is 594 Å². The lowest BCUT2D eigenvalue weighted by atomic mass is 9.99. The molecule has 0 heterocycles. The lowest BCUT2D eigenvalue weighted by Gasteiger charge is -2.21. The molecule has 0 saturated carbocycles. The maximum atomic E-state index is 13.1. The Morgan fingerprint density at radius 3 is 0.732 bits per heavy atom. The summed E-state index contributed by atoms with van der Waals surface area (Å²) >= 11 is 0. The first-order valence-corrected chi connectivity index (χ1v) is 43.3. The fraction of sp³-hybridized carbons (Fsp3) is 0.949. The second-order valence-corrected chi connectivity index (χ2v) is 32.2. The van der Waals surface area contributed by atoms with Gasteiger partial charge in [0.2, 0.25) is 0 Å². The number of carbonyl (C=O) groups is 4. The first kappa shape index (κ1) is 95.1. The van der Waals surface area contributed by atoms with Crippen molar-refractivity contribution in [1.29, 1.82) is 0 Å². The zero-order valence-corrected chi connectivity index (χ0v) is 65.5. The van der Waals surface area contributed by atoms with E-state index in [-0.39, 0.29) is 25.7 Å². The first-order chi connectivity index (χ1) is 46.7. The predicted molar refractivity (Wildman–Crippen MR) is 395 cm³/mol. The smallest absolute Gasteiger partial charge is 0.462 e. The van der Waals surface area contributed by atoms with Gasteiger partial charge in [-0.2, -0.15) is 0 Å². The minimum atomic E-state index is -4.96. The average Bonchev–Trinajstić information content (AvgIpc) is 1.15. The van der Waals surface area contributed by atoms with Gasteiger partial charge in [-0.3, -0.25) is 37.3 Å². The van der Waals surface area contributed by atoms with Crippen LogP contribution in [-0.4, -0.2) is 96.7 Å². The van der Waals surface area contributed by atoms with Crippen LogP contribution in [0.15, 0.2) is 0 Å². The monoisotopic (exact) mass is 1420 g/mol. The Kier molecular flexibility index (Phi) is 65.9. The highest BCUT2D eigenvalue weighted by molar-refractivity contribution is 7.47. The zero-order valence-electron chi connectivity index (χ0n) is 63.7. The highest BCUT2D eigenvalue weighted by atomic mass is 31.2. The van der Waals surface area contributed by atoms with Crippen molar-refractivity contribution >= 4 is 39.5 Å². The molecule has 3 N–H and O–H groups in total. The molecule has 576 valence electrons. The van der Waals surface area contributed by atoms with E-state index in [1.165, 1.54) is 193 Å². The summed E-state index contributed by atoms with van der Waals surface area (Å²) in [5, 5.41) is 10.6. The number of phosphoric acid groups is 2. The third kappa shape index (κ3) is 68.3. The van der Waals surface area contributed by atoms with Crippen LogP contribution < -0.4 is 0 Å². The second-order valence-electron chi connectivity index (χ2n) is 29.3. The van der Waals surface area contributed by atoms with Crippen molar-refractivity contribution in [2.45, 2.75) is 414 Å². The Bertz CT molecular complexity index is 1910. The SMILES string of the molecule is CCC(C)CCCCCCCCCCCCCCCCCCCCC(=O)O[C@H](COC(=O)CCCCCCCCCCCCCCC(C)C)COP(=O)(O)OC[C@@H](O)COP(=O)(O)OC[C@@H](COC(=O)CCCCCCCCC(C)CC)OC(=O)CCCCCCCCC(C)CC. The Hall–Kier alpha value is -1.94. The van der Waals surface area contributed by atoms with E-state index in [1.54, 1.807) is 0 Å². The number of esters is 4. The van der Waals surface area contributed by atoms with Gasteiger partial charge in [0, 0.05) is 25.7 Å². The van der Waals surface area contributed by atoms with Gasteiger partial charge in [-0.1, -0.05) is 344 Å². The molecule has 5 unspecified atom stereocenters. The molecule has 0 amide bonds. The summed E-state index contributed by atoms with van der Waals surface area (Å²) in [6.45, 7) is 14.2. The normalized spacial score (nSPS) is 14.9. The Morgan fingerprint density at radius 2 is 0.495 bits per heavy atom. The molecule has 8 atom stereocenters. The summed E-state index contributed by atoms with van der Waals surface area (Å²) in [4.78, 5) is 72.8. The highest BCUT2D eigenvalue weighted by Crippen LogP contribution is 2.45. The van der Waals surface area contributed by atoms with Crippen LogP contribution in [0.4, 0.5) is 0 Å². The average molecular weight is 1420 g/mol. The van der Waals surface area contributed by atoms with Crippen LogP contribution >= 0.6 is 15.6 Å². The molecule has 0 radical (unpaired) electrons. The minimum Gasteiger partial charge on any atom is -0.462 e. The molecule has 0 aromatic heterocycles. The molecule has 19 heteroatoms. The molecule has 0 aliphatic heterocycles. The molecule has 0 aromatic rings. The van der Waals surface area contributed by atoms with Crippen LogP contribution in [0.25, 0.3) is 0 Å². The fourth-order valence-electron chi connectivity index (χ4n) is 11.8. The number of aliphatic hydroxyl groups excluding tert-OH is 1. The summed E-state index contributed by atoms with van der Waals surface area (Å²) < 4.78 is 68.5. The summed E-state index contributed by atoms with van der Waals surface area (Å²) in [7, 11) is -9.91. The number of rotatable bonds is 75. The van der Waals surface area contributed by atoms with Crippen molar-refractivity contribution in [1.82, 2.24) is 0 Å². The van der Waals surface area contributed by atoms with E-state index < -0.39 is 97.5 Å². The largest absolute Gasteiger partial charge is 0.472 e. The van der Waals surface area contributed by atoms with Gasteiger partial charge >= 0.3 is 39.5 Å². The number of unbranched alkanes of at least 4 members (excludes halogenated alkanes) is 38. The van der Waals surface area contributed by atoms with E-state index in [1.807, 2.05) is 0 Å². The van der Waals surface area contributed by atoms with Gasteiger partial charge in [-0.25, -0.2) is 9.13 Å². The predicted octanol–water partition coefficient (Wildman–Crippen LogP) is 22.8. The van der Waals surface area contributed by atoms with Crippen LogP contribution in [0.2, 0.25) is 0 Å². The van der Waals surface area contributed by atoms with Crippen LogP contribution in [0, 0.1) is 23.7 Å². The first-order valence-electron chi connectivity index (χ1n) is 40.3. The molecule has 0 aromatic carbocycles. The minimum absolute atomic E-state index is 0.102. The molecule has 0 spiro atoms. The van der Waals surface area contributed by atoms with Crippen molar-refractivity contribution in [3.63, 3.8) is 0 Å². The molecule has 0 bridgehead atoms. The van der Waals surface area contributed by atoms with Gasteiger partial charge in [-0.05, 0) is 49.4 Å². The van der Waals surface area contributed by atoms with Gasteiger partial charge in [0.15, 0.2) is 12.2 Å². The quantitative estimate of drug-likeness (QED) is 0.0222. The van der Waals surface area contributed by atoms with E-state index in [0.29, 0.717) is 25.7 Å². The van der Waals surface area contributed by atoms with Crippen LogP contribution in [-0.2, 0) is 65.4 Å². The van der Waals surface area contributed by atoms with Crippen molar-refractivity contribution in [3.8, 4) is 0 Å². The van der Waals surface area contributed by atoms with Gasteiger partial charge in [0.05, 0.1) is 26.4 Å². The molecular formula is C78H152O17P2. The molecule has 0 saturated heterocycles. The lowest BCUT2D eigenvalue weighted by molar-refractivity contribution is -0.161. The lowest BCUT2D eigenvalue weighted by Crippen LogP contribution is -2.30. The number of aliphatic hydroxyl groups is 1. The van der Waals surface area contributed by atoms with E-state index in [0.717, 1.165) is 120 Å². The third-order valence-electron chi connectivity index (χ3n) is 19.2. The summed E-state index contributed by atoms with van der Waals surface area (Å²) in [6, 6.07) is 0. The van der Waals surface area contributed by atoms with Gasteiger partial charge < -0.3 is 33.8 Å². The third-order valence-corrected chi connectivity index (χ3v) is 21.1. The molecule has 17 nitrogen and oxygen atoms in total. The molecular weight excluding hydrogens is 1270 g/mol. The second kappa shape index (κ2) is 67.2. The van der Waals surface area contributed by atoms with Crippen molar-refractivity contribution < 1.29 is 80.2 Å².